The number of aryl methyl sites for hydroxylation is 2. The van der Waals surface area contributed by atoms with E-state index >= 15 is 0 Å². The minimum absolute atomic E-state index is 0.129. The summed E-state index contributed by atoms with van der Waals surface area (Å²) < 4.78 is 14.4. The first-order valence-corrected chi connectivity index (χ1v) is 7.25. The Morgan fingerprint density at radius 3 is 2.59 bits per heavy atom. The van der Waals surface area contributed by atoms with Crippen molar-refractivity contribution in [2.75, 3.05) is 5.73 Å². The van der Waals surface area contributed by atoms with Gasteiger partial charge in [-0.05, 0) is 54.7 Å². The topological polar surface area (TPSA) is 49.8 Å². The fourth-order valence-electron chi connectivity index (χ4n) is 2.59. The molecule has 0 saturated carbocycles. The predicted octanol–water partition coefficient (Wildman–Crippen LogP) is 4.74. The highest BCUT2D eigenvalue weighted by Crippen LogP contribution is 2.32. The lowest BCUT2D eigenvalue weighted by atomic mass is 9.90. The molecule has 112 valence electrons. The summed E-state index contributed by atoms with van der Waals surface area (Å²) in [6, 6.07) is 11.0. The molecule has 0 amide bonds. The summed E-state index contributed by atoms with van der Waals surface area (Å²) >= 11 is 0. The number of nitrogen functional groups attached to an aromatic ring is 1. The van der Waals surface area contributed by atoms with Crippen LogP contribution in [-0.2, 0) is 0 Å². The predicted molar refractivity (Wildman–Crippen MR) is 88.8 cm³/mol. The maximum absolute atomic E-state index is 14.4. The van der Waals surface area contributed by atoms with Gasteiger partial charge in [-0.3, -0.25) is 0 Å². The van der Waals surface area contributed by atoms with Gasteiger partial charge in [0, 0.05) is 5.56 Å². The zero-order chi connectivity index (χ0) is 16.3. The quantitative estimate of drug-likeness (QED) is 0.831. The van der Waals surface area contributed by atoms with Gasteiger partial charge < -0.3 is 5.73 Å². The molecule has 3 heteroatoms. The first kappa shape index (κ1) is 15.8. The van der Waals surface area contributed by atoms with Crippen LogP contribution in [0.5, 0.6) is 0 Å². The largest absolute Gasteiger partial charge is 0.396 e. The first-order chi connectivity index (χ1) is 10.5. The Morgan fingerprint density at radius 1 is 1.23 bits per heavy atom. The highest BCUT2D eigenvalue weighted by atomic mass is 19.1. The van der Waals surface area contributed by atoms with Crippen molar-refractivity contribution in [2.45, 2.75) is 27.2 Å². The van der Waals surface area contributed by atoms with Gasteiger partial charge in [-0.2, -0.15) is 5.26 Å². The molecule has 0 aromatic heterocycles. The van der Waals surface area contributed by atoms with Crippen LogP contribution in [0.4, 0.5) is 10.1 Å². The summed E-state index contributed by atoms with van der Waals surface area (Å²) in [4.78, 5) is 0. The van der Waals surface area contributed by atoms with E-state index in [-0.39, 0.29) is 5.69 Å². The molecule has 0 aliphatic rings. The van der Waals surface area contributed by atoms with Crippen molar-refractivity contribution in [3.8, 4) is 6.07 Å². The molecule has 0 aliphatic carbocycles. The maximum atomic E-state index is 14.4. The summed E-state index contributed by atoms with van der Waals surface area (Å²) in [6.07, 6.45) is 2.73. The van der Waals surface area contributed by atoms with Crippen LogP contribution in [0.15, 0.2) is 36.4 Å². The van der Waals surface area contributed by atoms with Gasteiger partial charge >= 0.3 is 0 Å². The fourth-order valence-corrected chi connectivity index (χ4v) is 2.59. The van der Waals surface area contributed by atoms with Crippen molar-refractivity contribution in [2.24, 2.45) is 0 Å². The Balaban J connectivity index is 2.72. The summed E-state index contributed by atoms with van der Waals surface area (Å²) in [7, 11) is 0. The van der Waals surface area contributed by atoms with Crippen LogP contribution in [0, 0.1) is 31.0 Å². The highest BCUT2D eigenvalue weighted by Gasteiger charge is 2.15. The molecule has 0 spiro atoms. The number of nitriles is 1. The van der Waals surface area contributed by atoms with Gasteiger partial charge in [0.1, 0.15) is 0 Å². The van der Waals surface area contributed by atoms with Gasteiger partial charge in [0.2, 0.25) is 0 Å². The summed E-state index contributed by atoms with van der Waals surface area (Å²) in [6.45, 7) is 5.87. The molecule has 2 aromatic carbocycles. The number of allylic oxidation sites excluding steroid dienone is 1. The number of hydrogen-bond acceptors (Lipinski definition) is 2. The number of benzene rings is 2. The van der Waals surface area contributed by atoms with E-state index < -0.39 is 5.82 Å². The Kier molecular flexibility index (Phi) is 4.62. The van der Waals surface area contributed by atoms with Crippen molar-refractivity contribution in [3.05, 3.63) is 70.0 Å². The molecule has 2 rings (SSSR count). The van der Waals surface area contributed by atoms with Gasteiger partial charge in [0.05, 0.1) is 17.3 Å². The average Bonchev–Trinajstić information content (AvgIpc) is 2.49. The minimum Gasteiger partial charge on any atom is -0.396 e. The van der Waals surface area contributed by atoms with Crippen molar-refractivity contribution in [3.63, 3.8) is 0 Å². The van der Waals surface area contributed by atoms with Gasteiger partial charge in [-0.1, -0.05) is 31.2 Å². The smallest absolute Gasteiger partial charge is 0.153 e. The van der Waals surface area contributed by atoms with Gasteiger partial charge in [-0.15, -0.1) is 0 Å². The number of rotatable bonds is 3. The summed E-state index contributed by atoms with van der Waals surface area (Å²) in [5.74, 6) is -0.416. The zero-order valence-corrected chi connectivity index (χ0v) is 13.1. The Bertz CT molecular complexity index is 783. The van der Waals surface area contributed by atoms with E-state index in [4.69, 9.17) is 5.73 Å². The summed E-state index contributed by atoms with van der Waals surface area (Å²) in [5.41, 5.74) is 10.5. The van der Waals surface area contributed by atoms with E-state index in [2.05, 4.69) is 6.07 Å². The standard InChI is InChI=1S/C19H19FN2/c1-4-6-15(16-7-5-8-18(22)19(16)20)17-10-14(11-21)12(2)9-13(17)3/h5-10H,4,22H2,1-3H3/b15-6-. The van der Waals surface area contributed by atoms with Crippen LogP contribution in [0.25, 0.3) is 5.57 Å². The number of anilines is 1. The molecule has 2 aromatic rings. The molecule has 22 heavy (non-hydrogen) atoms. The number of nitrogens with zero attached hydrogens (tertiary/aromatic N) is 1. The zero-order valence-electron chi connectivity index (χ0n) is 13.1. The second-order valence-corrected chi connectivity index (χ2v) is 5.33. The van der Waals surface area contributed by atoms with Crippen molar-refractivity contribution in [1.29, 1.82) is 5.26 Å². The second-order valence-electron chi connectivity index (χ2n) is 5.33. The molecule has 0 fully saturated rings. The van der Waals surface area contributed by atoms with E-state index in [0.717, 1.165) is 28.7 Å². The monoisotopic (exact) mass is 294 g/mol. The Labute approximate surface area is 130 Å². The highest BCUT2D eigenvalue weighted by molar-refractivity contribution is 5.83. The van der Waals surface area contributed by atoms with Crippen LogP contribution in [0.1, 0.15) is 41.2 Å². The van der Waals surface area contributed by atoms with Gasteiger partial charge in [0.15, 0.2) is 5.82 Å². The van der Waals surface area contributed by atoms with E-state index in [9.17, 15) is 9.65 Å². The second kappa shape index (κ2) is 6.44. The summed E-state index contributed by atoms with van der Waals surface area (Å²) in [5, 5.41) is 9.25. The lowest BCUT2D eigenvalue weighted by Crippen LogP contribution is -2.00. The molecule has 0 unspecified atom stereocenters. The average molecular weight is 294 g/mol. The Morgan fingerprint density at radius 2 is 1.95 bits per heavy atom. The normalized spacial score (nSPS) is 11.3. The molecule has 0 bridgehead atoms. The first-order valence-electron chi connectivity index (χ1n) is 7.25. The lowest BCUT2D eigenvalue weighted by molar-refractivity contribution is 0.629. The molecular formula is C19H19FN2. The van der Waals surface area contributed by atoms with Gasteiger partial charge in [0.25, 0.3) is 0 Å². The molecule has 0 aliphatic heterocycles. The molecule has 0 saturated heterocycles. The molecule has 2 N–H and O–H groups in total. The van der Waals surface area contributed by atoms with Crippen LogP contribution < -0.4 is 5.73 Å². The molecular weight excluding hydrogens is 275 g/mol. The third-order valence-corrected chi connectivity index (χ3v) is 3.71. The van der Waals surface area contributed by atoms with Crippen LogP contribution in [0.2, 0.25) is 0 Å². The lowest BCUT2D eigenvalue weighted by Gasteiger charge is -2.15. The third-order valence-electron chi connectivity index (χ3n) is 3.71. The van der Waals surface area contributed by atoms with Crippen molar-refractivity contribution >= 4 is 11.3 Å². The minimum atomic E-state index is -0.416. The van der Waals surface area contributed by atoms with E-state index in [1.54, 1.807) is 18.2 Å². The number of halogens is 1. The van der Waals surface area contributed by atoms with E-state index in [0.29, 0.717) is 11.1 Å². The number of nitrogens with two attached hydrogens (primary N) is 1. The van der Waals surface area contributed by atoms with Crippen LogP contribution in [0.3, 0.4) is 0 Å². The maximum Gasteiger partial charge on any atom is 0.153 e. The molecule has 0 radical (unpaired) electrons. The van der Waals surface area contributed by atoms with Crippen LogP contribution in [-0.4, -0.2) is 0 Å². The Hall–Kier alpha value is -2.60. The SMILES string of the molecule is CC/C=C(\c1cc(C#N)c(C)cc1C)c1cccc(N)c1F. The molecule has 0 atom stereocenters. The number of hydrogen-bond donors (Lipinski definition) is 1. The van der Waals surface area contributed by atoms with Crippen molar-refractivity contribution in [1.82, 2.24) is 0 Å². The van der Waals surface area contributed by atoms with Gasteiger partial charge in [-0.25, -0.2) is 4.39 Å². The third kappa shape index (κ3) is 2.87. The fraction of sp³-hybridized carbons (Fsp3) is 0.211. The van der Waals surface area contributed by atoms with E-state index in [1.807, 2.05) is 39.0 Å². The molecule has 2 nitrogen and oxygen atoms in total. The van der Waals surface area contributed by atoms with Crippen molar-refractivity contribution < 1.29 is 4.39 Å². The van der Waals surface area contributed by atoms with Crippen LogP contribution >= 0.6 is 0 Å². The van der Waals surface area contributed by atoms with E-state index in [1.165, 1.54) is 0 Å². The molecule has 0 heterocycles.